The van der Waals surface area contributed by atoms with Gasteiger partial charge in [0.15, 0.2) is 0 Å². The average molecular weight is 400 g/mol. The predicted molar refractivity (Wildman–Crippen MR) is 94.8 cm³/mol. The van der Waals surface area contributed by atoms with E-state index in [4.69, 9.17) is 0 Å². The van der Waals surface area contributed by atoms with Gasteiger partial charge < -0.3 is 0 Å². The third kappa shape index (κ3) is 4.12. The smallest absolute Gasteiger partial charge is 0.262 e. The molecule has 0 saturated carbocycles. The van der Waals surface area contributed by atoms with E-state index in [0.717, 1.165) is 5.56 Å². The molecule has 0 fully saturated rings. The first-order chi connectivity index (χ1) is 10.5. The van der Waals surface area contributed by atoms with Gasteiger partial charge >= 0.3 is 0 Å². The van der Waals surface area contributed by atoms with E-state index in [9.17, 15) is 12.8 Å². The molecule has 23 heavy (non-hydrogen) atoms. The minimum absolute atomic E-state index is 0.0752. The number of anilines is 1. The molecule has 0 bridgehead atoms. The van der Waals surface area contributed by atoms with Gasteiger partial charge in [0.25, 0.3) is 10.0 Å². The summed E-state index contributed by atoms with van der Waals surface area (Å²) >= 11 is 3.15. The Bertz CT molecular complexity index is 842. The van der Waals surface area contributed by atoms with Crippen molar-refractivity contribution < 1.29 is 12.8 Å². The molecule has 0 radical (unpaired) electrons. The third-order valence-corrected chi connectivity index (χ3v) is 5.52. The van der Waals surface area contributed by atoms with E-state index in [1.165, 1.54) is 12.1 Å². The van der Waals surface area contributed by atoms with Crippen molar-refractivity contribution in [2.75, 3.05) is 4.72 Å². The second-order valence-electron chi connectivity index (χ2n) is 6.46. The highest BCUT2D eigenvalue weighted by molar-refractivity contribution is 9.10. The normalized spacial score (nSPS) is 12.3. The van der Waals surface area contributed by atoms with Crippen LogP contribution < -0.4 is 4.72 Å². The van der Waals surface area contributed by atoms with Crippen LogP contribution in [0.5, 0.6) is 0 Å². The summed E-state index contributed by atoms with van der Waals surface area (Å²) in [6.07, 6.45) is 0. The fourth-order valence-corrected chi connectivity index (χ4v) is 3.80. The van der Waals surface area contributed by atoms with Gasteiger partial charge in [-0.1, -0.05) is 48.8 Å². The standard InChI is InChI=1S/C17H19BrFNO2S/c1-11-5-6-12(17(2,3)4)9-16(11)23(21,22)20-15-8-7-13(18)10-14(15)19/h5-10,20H,1-4H3. The summed E-state index contributed by atoms with van der Waals surface area (Å²) in [6.45, 7) is 7.75. The van der Waals surface area contributed by atoms with Crippen molar-refractivity contribution in [3.05, 3.63) is 57.8 Å². The Balaban J connectivity index is 2.47. The minimum Gasteiger partial charge on any atom is -0.277 e. The van der Waals surface area contributed by atoms with Gasteiger partial charge in [0, 0.05) is 4.47 Å². The number of nitrogens with one attached hydrogen (secondary N) is 1. The van der Waals surface area contributed by atoms with E-state index >= 15 is 0 Å². The van der Waals surface area contributed by atoms with Crippen LogP contribution in [-0.2, 0) is 15.4 Å². The Kier molecular flexibility index (Phi) is 4.87. The molecule has 0 aromatic heterocycles. The molecule has 0 aliphatic heterocycles. The molecule has 124 valence electrons. The Hall–Kier alpha value is -1.40. The molecule has 1 N–H and O–H groups in total. The fourth-order valence-electron chi connectivity index (χ4n) is 2.13. The predicted octanol–water partition coefficient (Wildman–Crippen LogP) is 4.99. The molecule has 2 rings (SSSR count). The van der Waals surface area contributed by atoms with Gasteiger partial charge in [-0.05, 0) is 47.7 Å². The molecule has 0 unspecified atom stereocenters. The summed E-state index contributed by atoms with van der Waals surface area (Å²) in [5.41, 5.74) is 1.26. The minimum atomic E-state index is -3.87. The molecule has 0 aliphatic rings. The van der Waals surface area contributed by atoms with Crippen LogP contribution in [0.2, 0.25) is 0 Å². The van der Waals surface area contributed by atoms with Crippen LogP contribution in [-0.4, -0.2) is 8.42 Å². The van der Waals surface area contributed by atoms with E-state index in [1.54, 1.807) is 25.1 Å². The Morgan fingerprint density at radius 1 is 1.09 bits per heavy atom. The largest absolute Gasteiger partial charge is 0.277 e. The molecule has 0 saturated heterocycles. The van der Waals surface area contributed by atoms with Crippen LogP contribution in [0.25, 0.3) is 0 Å². The topological polar surface area (TPSA) is 46.2 Å². The first-order valence-electron chi connectivity index (χ1n) is 7.10. The van der Waals surface area contributed by atoms with Crippen LogP contribution >= 0.6 is 15.9 Å². The van der Waals surface area contributed by atoms with Crippen molar-refractivity contribution in [1.29, 1.82) is 0 Å². The summed E-state index contributed by atoms with van der Waals surface area (Å²) in [5, 5.41) is 0. The van der Waals surface area contributed by atoms with E-state index in [-0.39, 0.29) is 16.0 Å². The first kappa shape index (κ1) is 17.9. The Morgan fingerprint density at radius 3 is 2.30 bits per heavy atom. The zero-order valence-corrected chi connectivity index (χ0v) is 15.8. The van der Waals surface area contributed by atoms with Crippen LogP contribution in [0.3, 0.4) is 0 Å². The highest BCUT2D eigenvalue weighted by Crippen LogP contribution is 2.28. The number of halogens is 2. The number of rotatable bonds is 3. The van der Waals surface area contributed by atoms with Gasteiger partial charge in [0.05, 0.1) is 10.6 Å². The molecule has 6 heteroatoms. The van der Waals surface area contributed by atoms with Gasteiger partial charge in [0.2, 0.25) is 0 Å². The molecule has 0 spiro atoms. The summed E-state index contributed by atoms with van der Waals surface area (Å²) < 4.78 is 42.1. The van der Waals surface area contributed by atoms with Crippen LogP contribution in [0, 0.1) is 12.7 Å². The van der Waals surface area contributed by atoms with Gasteiger partial charge in [-0.25, -0.2) is 12.8 Å². The molecule has 0 aliphatic carbocycles. The van der Waals surface area contributed by atoms with Crippen molar-refractivity contribution in [1.82, 2.24) is 0 Å². The van der Waals surface area contributed by atoms with Crippen molar-refractivity contribution in [2.45, 2.75) is 38.0 Å². The molecule has 2 aromatic carbocycles. The van der Waals surface area contributed by atoms with Gasteiger partial charge in [-0.15, -0.1) is 0 Å². The monoisotopic (exact) mass is 399 g/mol. The number of sulfonamides is 1. The third-order valence-electron chi connectivity index (χ3n) is 3.52. The van der Waals surface area contributed by atoms with Gasteiger partial charge in [-0.2, -0.15) is 0 Å². The van der Waals surface area contributed by atoms with Crippen molar-refractivity contribution in [3.8, 4) is 0 Å². The highest BCUT2D eigenvalue weighted by atomic mass is 79.9. The van der Waals surface area contributed by atoms with Gasteiger partial charge in [-0.3, -0.25) is 4.72 Å². The molecule has 2 aromatic rings. The number of hydrogen-bond donors (Lipinski definition) is 1. The fraction of sp³-hybridized carbons (Fsp3) is 0.294. The van der Waals surface area contributed by atoms with E-state index < -0.39 is 15.8 Å². The maximum Gasteiger partial charge on any atom is 0.262 e. The maximum absolute atomic E-state index is 13.9. The molecule has 0 atom stereocenters. The highest BCUT2D eigenvalue weighted by Gasteiger charge is 2.22. The summed E-state index contributed by atoms with van der Waals surface area (Å²) in [7, 11) is -3.87. The lowest BCUT2D eigenvalue weighted by Crippen LogP contribution is -2.18. The Morgan fingerprint density at radius 2 is 1.74 bits per heavy atom. The van der Waals surface area contributed by atoms with Crippen molar-refractivity contribution in [2.24, 2.45) is 0 Å². The van der Waals surface area contributed by atoms with Gasteiger partial charge in [0.1, 0.15) is 5.82 Å². The second-order valence-corrected chi connectivity index (χ2v) is 9.03. The molecular formula is C17H19BrFNO2S. The summed E-state index contributed by atoms with van der Waals surface area (Å²) in [4.78, 5) is 0.159. The maximum atomic E-state index is 13.9. The summed E-state index contributed by atoms with van der Waals surface area (Å²) in [6, 6.07) is 9.52. The van der Waals surface area contributed by atoms with E-state index in [0.29, 0.717) is 10.0 Å². The Labute approximate surface area is 145 Å². The van der Waals surface area contributed by atoms with Crippen LogP contribution in [0.1, 0.15) is 31.9 Å². The average Bonchev–Trinajstić information content (AvgIpc) is 2.41. The van der Waals surface area contributed by atoms with Crippen molar-refractivity contribution >= 4 is 31.6 Å². The zero-order valence-electron chi connectivity index (χ0n) is 13.4. The summed E-state index contributed by atoms with van der Waals surface area (Å²) in [5.74, 6) is -0.632. The number of benzene rings is 2. The van der Waals surface area contributed by atoms with E-state index in [2.05, 4.69) is 20.7 Å². The van der Waals surface area contributed by atoms with E-state index in [1.807, 2.05) is 26.8 Å². The zero-order chi connectivity index (χ0) is 17.4. The quantitative estimate of drug-likeness (QED) is 0.789. The first-order valence-corrected chi connectivity index (χ1v) is 9.37. The number of aryl methyl sites for hydroxylation is 1. The number of hydrogen-bond acceptors (Lipinski definition) is 2. The molecule has 0 heterocycles. The lowest BCUT2D eigenvalue weighted by atomic mass is 9.87. The van der Waals surface area contributed by atoms with Crippen LogP contribution in [0.15, 0.2) is 45.8 Å². The lowest BCUT2D eigenvalue weighted by molar-refractivity contribution is 0.584. The lowest BCUT2D eigenvalue weighted by Gasteiger charge is -2.21. The molecule has 3 nitrogen and oxygen atoms in total. The molecular weight excluding hydrogens is 381 g/mol. The van der Waals surface area contributed by atoms with Crippen molar-refractivity contribution in [3.63, 3.8) is 0 Å². The molecule has 0 amide bonds. The SMILES string of the molecule is Cc1ccc(C(C)(C)C)cc1S(=O)(=O)Nc1ccc(Br)cc1F. The second kappa shape index (κ2) is 6.24. The van der Waals surface area contributed by atoms with Crippen LogP contribution in [0.4, 0.5) is 10.1 Å².